The number of nitrogens with zero attached hydrogens (tertiary/aromatic N) is 1. The summed E-state index contributed by atoms with van der Waals surface area (Å²) in [5.74, 6) is 0.175. The molecular formula is C20H18ClN3O6S2. The summed E-state index contributed by atoms with van der Waals surface area (Å²) in [5, 5.41) is 3.32. The number of sulfone groups is 1. The van der Waals surface area contributed by atoms with Crippen molar-refractivity contribution >= 4 is 44.8 Å². The molecule has 0 aliphatic heterocycles. The fourth-order valence-corrected chi connectivity index (χ4v) is 4.61. The molecule has 2 aromatic carbocycles. The largest absolute Gasteiger partial charge is 0.493 e. The molecule has 2 N–H and O–H groups in total. The van der Waals surface area contributed by atoms with Gasteiger partial charge in [-0.3, -0.25) is 9.59 Å². The number of anilines is 1. The second-order valence-electron chi connectivity index (χ2n) is 6.25. The van der Waals surface area contributed by atoms with Gasteiger partial charge in [-0.25, -0.2) is 13.4 Å². The van der Waals surface area contributed by atoms with Crippen LogP contribution in [0.5, 0.6) is 11.5 Å². The molecule has 0 spiro atoms. The topological polar surface area (TPSA) is 127 Å². The molecule has 0 unspecified atom stereocenters. The van der Waals surface area contributed by atoms with E-state index in [4.69, 9.17) is 21.1 Å². The minimum Gasteiger partial charge on any atom is -0.493 e. The molecule has 0 aliphatic carbocycles. The molecule has 0 bridgehead atoms. The number of thioether (sulfide) groups is 1. The van der Waals surface area contributed by atoms with Gasteiger partial charge in [0.25, 0.3) is 5.56 Å². The quantitative estimate of drug-likeness (QED) is 0.360. The summed E-state index contributed by atoms with van der Waals surface area (Å²) < 4.78 is 36.0. The molecule has 9 nitrogen and oxygen atoms in total. The third kappa shape index (κ3) is 5.42. The molecule has 0 aliphatic rings. The highest BCUT2D eigenvalue weighted by molar-refractivity contribution is 7.99. The first-order valence-corrected chi connectivity index (χ1v) is 11.8. The first-order valence-electron chi connectivity index (χ1n) is 8.99. The van der Waals surface area contributed by atoms with E-state index < -0.39 is 20.3 Å². The molecule has 12 heteroatoms. The Labute approximate surface area is 193 Å². The molecule has 168 valence electrons. The predicted molar refractivity (Wildman–Crippen MR) is 121 cm³/mol. The Morgan fingerprint density at radius 3 is 2.44 bits per heavy atom. The summed E-state index contributed by atoms with van der Waals surface area (Å²) in [5.41, 5.74) is -0.284. The van der Waals surface area contributed by atoms with Crippen LogP contribution in [0.1, 0.15) is 0 Å². The van der Waals surface area contributed by atoms with E-state index >= 15 is 0 Å². The Morgan fingerprint density at radius 2 is 1.81 bits per heavy atom. The Balaban J connectivity index is 1.73. The second kappa shape index (κ2) is 10.1. The van der Waals surface area contributed by atoms with E-state index in [2.05, 4.69) is 15.3 Å². The molecule has 1 heterocycles. The number of methoxy groups -OCH3 is 2. The van der Waals surface area contributed by atoms with Crippen LogP contribution in [0.2, 0.25) is 5.02 Å². The molecule has 0 fully saturated rings. The number of H-pyrrole nitrogens is 1. The molecule has 3 aromatic rings. The third-order valence-electron chi connectivity index (χ3n) is 4.17. The molecule has 0 radical (unpaired) electrons. The van der Waals surface area contributed by atoms with Crippen LogP contribution in [0.25, 0.3) is 0 Å². The SMILES string of the molecule is COc1ccc(S(=O)(=O)c2cnc(SCC(=O)Nc3ccc(Cl)cc3)[nH]c2=O)cc1OC. The zero-order valence-corrected chi connectivity index (χ0v) is 19.3. The number of ether oxygens (including phenoxy) is 2. The lowest BCUT2D eigenvalue weighted by Gasteiger charge is -2.10. The van der Waals surface area contributed by atoms with Crippen molar-refractivity contribution in [1.29, 1.82) is 0 Å². The lowest BCUT2D eigenvalue weighted by Crippen LogP contribution is -2.20. The van der Waals surface area contributed by atoms with Gasteiger partial charge < -0.3 is 19.8 Å². The van der Waals surface area contributed by atoms with Gasteiger partial charge in [0.2, 0.25) is 15.7 Å². The minimum absolute atomic E-state index is 0.0483. The van der Waals surface area contributed by atoms with Crippen LogP contribution in [0.15, 0.2) is 68.4 Å². The normalized spacial score (nSPS) is 11.1. The summed E-state index contributed by atoms with van der Waals surface area (Å²) in [6.07, 6.45) is 0.963. The Hall–Kier alpha value is -3.02. The smallest absolute Gasteiger partial charge is 0.270 e. The number of halogens is 1. The van der Waals surface area contributed by atoms with Crippen molar-refractivity contribution in [3.63, 3.8) is 0 Å². The summed E-state index contributed by atoms with van der Waals surface area (Å²) in [4.78, 5) is 30.2. The lowest BCUT2D eigenvalue weighted by atomic mass is 10.3. The fourth-order valence-electron chi connectivity index (χ4n) is 2.61. The van der Waals surface area contributed by atoms with Crippen LogP contribution in [-0.2, 0) is 14.6 Å². The lowest BCUT2D eigenvalue weighted by molar-refractivity contribution is -0.113. The van der Waals surface area contributed by atoms with Gasteiger partial charge in [0, 0.05) is 16.8 Å². The van der Waals surface area contributed by atoms with Crippen LogP contribution in [-0.4, -0.2) is 44.3 Å². The molecule has 3 rings (SSSR count). The number of aromatic amines is 1. The first-order chi connectivity index (χ1) is 15.2. The van der Waals surface area contributed by atoms with E-state index in [1.807, 2.05) is 0 Å². The van der Waals surface area contributed by atoms with Crippen LogP contribution < -0.4 is 20.3 Å². The maximum atomic E-state index is 12.9. The van der Waals surface area contributed by atoms with Gasteiger partial charge in [-0.15, -0.1) is 0 Å². The highest BCUT2D eigenvalue weighted by atomic mass is 35.5. The predicted octanol–water partition coefficient (Wildman–Crippen LogP) is 3.00. The highest BCUT2D eigenvalue weighted by Crippen LogP contribution is 2.31. The first kappa shape index (κ1) is 23.6. The van der Waals surface area contributed by atoms with Crippen LogP contribution >= 0.6 is 23.4 Å². The van der Waals surface area contributed by atoms with Crippen molar-refractivity contribution < 1.29 is 22.7 Å². The third-order valence-corrected chi connectivity index (χ3v) is 7.05. The number of carbonyl (C=O) groups is 1. The van der Waals surface area contributed by atoms with Gasteiger partial charge >= 0.3 is 0 Å². The van der Waals surface area contributed by atoms with Crippen molar-refractivity contribution in [1.82, 2.24) is 9.97 Å². The number of carbonyl (C=O) groups excluding carboxylic acids is 1. The van der Waals surface area contributed by atoms with E-state index in [9.17, 15) is 18.0 Å². The van der Waals surface area contributed by atoms with Crippen LogP contribution in [0, 0.1) is 0 Å². The average molecular weight is 496 g/mol. The summed E-state index contributed by atoms with van der Waals surface area (Å²) >= 11 is 6.76. The number of hydrogen-bond donors (Lipinski definition) is 2. The van der Waals surface area contributed by atoms with Crippen molar-refractivity contribution in [2.45, 2.75) is 14.9 Å². The van der Waals surface area contributed by atoms with E-state index in [0.717, 1.165) is 18.0 Å². The number of aromatic nitrogens is 2. The highest BCUT2D eigenvalue weighted by Gasteiger charge is 2.24. The molecule has 1 amide bonds. The van der Waals surface area contributed by atoms with E-state index in [1.165, 1.54) is 32.4 Å². The second-order valence-corrected chi connectivity index (χ2v) is 9.56. The number of amides is 1. The number of rotatable bonds is 8. The van der Waals surface area contributed by atoms with Gasteiger partial charge in [0.1, 0.15) is 0 Å². The summed E-state index contributed by atoms with van der Waals surface area (Å²) in [6, 6.07) is 10.6. The summed E-state index contributed by atoms with van der Waals surface area (Å²) in [6.45, 7) is 0. The number of benzene rings is 2. The van der Waals surface area contributed by atoms with E-state index in [1.54, 1.807) is 24.3 Å². The van der Waals surface area contributed by atoms with Crippen molar-refractivity contribution in [3.8, 4) is 11.5 Å². The van der Waals surface area contributed by atoms with Gasteiger partial charge in [-0.1, -0.05) is 23.4 Å². The Kier molecular flexibility index (Phi) is 7.44. The zero-order valence-electron chi connectivity index (χ0n) is 16.9. The van der Waals surface area contributed by atoms with Crippen molar-refractivity contribution in [2.24, 2.45) is 0 Å². The maximum absolute atomic E-state index is 12.9. The molecule has 0 saturated carbocycles. The van der Waals surface area contributed by atoms with Crippen LogP contribution in [0.3, 0.4) is 0 Å². The average Bonchev–Trinajstić information content (AvgIpc) is 2.78. The molecule has 32 heavy (non-hydrogen) atoms. The molecule has 0 atom stereocenters. The van der Waals surface area contributed by atoms with Crippen molar-refractivity contribution in [2.75, 3.05) is 25.3 Å². The Morgan fingerprint density at radius 1 is 1.12 bits per heavy atom. The molecule has 1 aromatic heterocycles. The van der Waals surface area contributed by atoms with Crippen molar-refractivity contribution in [3.05, 3.63) is 64.0 Å². The molecule has 0 saturated heterocycles. The maximum Gasteiger partial charge on any atom is 0.270 e. The van der Waals surface area contributed by atoms with Gasteiger partial charge in [-0.05, 0) is 36.4 Å². The van der Waals surface area contributed by atoms with Crippen LogP contribution in [0.4, 0.5) is 5.69 Å². The van der Waals surface area contributed by atoms with Gasteiger partial charge in [0.15, 0.2) is 21.6 Å². The fraction of sp³-hybridized carbons (Fsp3) is 0.150. The van der Waals surface area contributed by atoms with Gasteiger partial charge in [-0.2, -0.15) is 0 Å². The Bertz CT molecular complexity index is 1290. The zero-order chi connectivity index (χ0) is 23.3. The van der Waals surface area contributed by atoms with E-state index in [-0.39, 0.29) is 27.5 Å². The van der Waals surface area contributed by atoms with Gasteiger partial charge in [0.05, 0.1) is 31.1 Å². The monoisotopic (exact) mass is 495 g/mol. The minimum atomic E-state index is -4.16. The number of nitrogens with one attached hydrogen (secondary N) is 2. The summed E-state index contributed by atoms with van der Waals surface area (Å²) in [7, 11) is -1.36. The number of hydrogen-bond acceptors (Lipinski definition) is 8. The standard InChI is InChI=1S/C20H18ClN3O6S2/c1-29-15-8-7-14(9-16(15)30-2)32(27,28)17-10-22-20(24-19(17)26)31-11-18(25)23-13-5-3-12(21)4-6-13/h3-10H,11H2,1-2H3,(H,23,25)(H,22,24,26). The molecular weight excluding hydrogens is 478 g/mol. The van der Waals surface area contributed by atoms with E-state index in [0.29, 0.717) is 16.5 Å².